The van der Waals surface area contributed by atoms with Crippen LogP contribution in [0.3, 0.4) is 0 Å². The number of aryl methyl sites for hydroxylation is 1. The lowest BCUT2D eigenvalue weighted by molar-refractivity contribution is 0.160. The summed E-state index contributed by atoms with van der Waals surface area (Å²) in [7, 11) is -3.53. The van der Waals surface area contributed by atoms with Gasteiger partial charge in [-0.1, -0.05) is 18.9 Å². The highest BCUT2D eigenvalue weighted by Crippen LogP contribution is 2.27. The second kappa shape index (κ2) is 6.64. The molecule has 2 atom stereocenters. The zero-order valence-corrected chi connectivity index (χ0v) is 14.0. The fraction of sp³-hybridized carbons (Fsp3) is 0.688. The van der Waals surface area contributed by atoms with E-state index in [0.29, 0.717) is 6.04 Å². The van der Waals surface area contributed by atoms with Gasteiger partial charge in [0.15, 0.2) is 5.03 Å². The summed E-state index contributed by atoms with van der Waals surface area (Å²) in [5.41, 5.74) is 0.725. The molecule has 2 heterocycles. The van der Waals surface area contributed by atoms with E-state index in [4.69, 9.17) is 0 Å². The summed E-state index contributed by atoms with van der Waals surface area (Å²) in [5.74, 6) is 0. The van der Waals surface area contributed by atoms with E-state index in [0.717, 1.165) is 38.0 Å². The van der Waals surface area contributed by atoms with Crippen molar-refractivity contribution in [3.63, 3.8) is 0 Å². The molecule has 1 aromatic heterocycles. The highest BCUT2D eigenvalue weighted by molar-refractivity contribution is 7.89. The smallest absolute Gasteiger partial charge is 0.258 e. The fourth-order valence-electron chi connectivity index (χ4n) is 3.69. The van der Waals surface area contributed by atoms with Crippen LogP contribution >= 0.6 is 0 Å². The molecule has 22 heavy (non-hydrogen) atoms. The molecule has 3 rings (SSSR count). The molecule has 2 aliphatic rings. The first-order valence-electron chi connectivity index (χ1n) is 8.26. The average molecular weight is 323 g/mol. The maximum atomic E-state index is 12.6. The lowest BCUT2D eigenvalue weighted by Crippen LogP contribution is -2.52. The van der Waals surface area contributed by atoms with Gasteiger partial charge >= 0.3 is 0 Å². The Kier molecular flexibility index (Phi) is 4.80. The molecule has 0 amide bonds. The molecule has 0 radical (unpaired) electrons. The second-order valence-electron chi connectivity index (χ2n) is 6.44. The monoisotopic (exact) mass is 323 g/mol. The lowest BCUT2D eigenvalue weighted by Gasteiger charge is -2.38. The van der Waals surface area contributed by atoms with Crippen LogP contribution < -0.4 is 4.72 Å². The van der Waals surface area contributed by atoms with E-state index >= 15 is 0 Å². The quantitative estimate of drug-likeness (QED) is 0.921. The van der Waals surface area contributed by atoms with Crippen LogP contribution in [-0.4, -0.2) is 43.5 Å². The van der Waals surface area contributed by atoms with Crippen molar-refractivity contribution in [3.05, 3.63) is 23.9 Å². The Labute approximate surface area is 133 Å². The normalized spacial score (nSPS) is 27.1. The molecule has 0 spiro atoms. The summed E-state index contributed by atoms with van der Waals surface area (Å²) < 4.78 is 28.2. The van der Waals surface area contributed by atoms with Crippen LogP contribution in [0.15, 0.2) is 23.2 Å². The van der Waals surface area contributed by atoms with Gasteiger partial charge in [-0.25, -0.2) is 18.1 Å². The SMILES string of the molecule is Cc1cccc(S(=O)(=O)N[C@H]2CCCC[C@@H]2N2CCCC2)n1. The van der Waals surface area contributed by atoms with Gasteiger partial charge in [-0.3, -0.25) is 4.90 Å². The summed E-state index contributed by atoms with van der Waals surface area (Å²) in [6.45, 7) is 4.02. The van der Waals surface area contributed by atoms with E-state index in [1.807, 2.05) is 13.0 Å². The van der Waals surface area contributed by atoms with Crippen molar-refractivity contribution in [2.45, 2.75) is 62.6 Å². The van der Waals surface area contributed by atoms with Crippen LogP contribution in [0.5, 0.6) is 0 Å². The van der Waals surface area contributed by atoms with Gasteiger partial charge in [0.05, 0.1) is 0 Å². The van der Waals surface area contributed by atoms with E-state index < -0.39 is 10.0 Å². The fourth-order valence-corrected chi connectivity index (χ4v) is 5.00. The van der Waals surface area contributed by atoms with Gasteiger partial charge in [-0.15, -0.1) is 0 Å². The largest absolute Gasteiger partial charge is 0.299 e. The number of likely N-dealkylation sites (tertiary alicyclic amines) is 1. The Hall–Kier alpha value is -0.980. The lowest BCUT2D eigenvalue weighted by atomic mass is 9.90. The number of nitrogens with zero attached hydrogens (tertiary/aromatic N) is 2. The number of nitrogens with one attached hydrogen (secondary N) is 1. The van der Waals surface area contributed by atoms with Crippen LogP contribution in [0.4, 0.5) is 0 Å². The summed E-state index contributed by atoms with van der Waals surface area (Å²) in [5, 5.41) is 0.137. The van der Waals surface area contributed by atoms with Crippen LogP contribution in [0.1, 0.15) is 44.2 Å². The number of aromatic nitrogens is 1. The molecule has 1 aliphatic heterocycles. The molecule has 0 bridgehead atoms. The van der Waals surface area contributed by atoms with Gasteiger partial charge < -0.3 is 0 Å². The molecule has 122 valence electrons. The Morgan fingerprint density at radius 2 is 1.86 bits per heavy atom. The van der Waals surface area contributed by atoms with Gasteiger partial charge in [-0.05, 0) is 57.8 Å². The summed E-state index contributed by atoms with van der Waals surface area (Å²) >= 11 is 0. The molecule has 5 nitrogen and oxygen atoms in total. The van der Waals surface area contributed by atoms with Crippen LogP contribution in [-0.2, 0) is 10.0 Å². The predicted octanol–water partition coefficient (Wildman–Crippen LogP) is 2.08. The minimum atomic E-state index is -3.53. The highest BCUT2D eigenvalue weighted by Gasteiger charge is 2.34. The van der Waals surface area contributed by atoms with Crippen LogP contribution in [0.25, 0.3) is 0 Å². The Balaban J connectivity index is 1.77. The molecule has 1 saturated heterocycles. The summed E-state index contributed by atoms with van der Waals surface area (Å²) in [4.78, 5) is 6.64. The molecular formula is C16H25N3O2S. The van der Waals surface area contributed by atoms with E-state index in [1.54, 1.807) is 12.1 Å². The second-order valence-corrected chi connectivity index (χ2v) is 8.10. The third-order valence-electron chi connectivity index (χ3n) is 4.78. The minimum absolute atomic E-state index is 0.0131. The van der Waals surface area contributed by atoms with Crippen molar-refractivity contribution >= 4 is 10.0 Å². The third-order valence-corrected chi connectivity index (χ3v) is 6.17. The highest BCUT2D eigenvalue weighted by atomic mass is 32.2. The van der Waals surface area contributed by atoms with E-state index in [2.05, 4.69) is 14.6 Å². The molecule has 6 heteroatoms. The first kappa shape index (κ1) is 15.9. The van der Waals surface area contributed by atoms with Crippen molar-refractivity contribution in [2.75, 3.05) is 13.1 Å². The van der Waals surface area contributed by atoms with Gasteiger partial charge in [0, 0.05) is 17.8 Å². The molecule has 2 fully saturated rings. The zero-order valence-electron chi connectivity index (χ0n) is 13.2. The van der Waals surface area contributed by atoms with Crippen molar-refractivity contribution in [2.24, 2.45) is 0 Å². The summed E-state index contributed by atoms with van der Waals surface area (Å²) in [6.07, 6.45) is 6.77. The number of sulfonamides is 1. The molecular weight excluding hydrogens is 298 g/mol. The van der Waals surface area contributed by atoms with Crippen LogP contribution in [0.2, 0.25) is 0 Å². The van der Waals surface area contributed by atoms with Crippen molar-refractivity contribution < 1.29 is 8.42 Å². The maximum Gasteiger partial charge on any atom is 0.258 e. The summed E-state index contributed by atoms with van der Waals surface area (Å²) in [6, 6.07) is 5.49. The van der Waals surface area contributed by atoms with Crippen molar-refractivity contribution in [1.82, 2.24) is 14.6 Å². The standard InChI is InChI=1S/C16H25N3O2S/c1-13-7-6-10-16(17-13)22(20,21)18-14-8-2-3-9-15(14)19-11-4-5-12-19/h6-7,10,14-15,18H,2-5,8-9,11-12H2,1H3/t14-,15-/m0/s1. The number of rotatable bonds is 4. The Bertz CT molecular complexity index is 612. The zero-order chi connectivity index (χ0) is 15.6. The third kappa shape index (κ3) is 3.50. The van der Waals surface area contributed by atoms with Crippen molar-refractivity contribution in [3.8, 4) is 0 Å². The van der Waals surface area contributed by atoms with Crippen LogP contribution in [0, 0.1) is 6.92 Å². The first-order valence-corrected chi connectivity index (χ1v) is 9.75. The van der Waals surface area contributed by atoms with Gasteiger partial charge in [0.25, 0.3) is 10.0 Å². The van der Waals surface area contributed by atoms with Gasteiger partial charge in [0.2, 0.25) is 0 Å². The topological polar surface area (TPSA) is 62.3 Å². The molecule has 1 aliphatic carbocycles. The Morgan fingerprint density at radius 3 is 2.59 bits per heavy atom. The Morgan fingerprint density at radius 1 is 1.14 bits per heavy atom. The maximum absolute atomic E-state index is 12.6. The number of pyridine rings is 1. The average Bonchev–Trinajstić information content (AvgIpc) is 3.01. The van der Waals surface area contributed by atoms with E-state index in [9.17, 15) is 8.42 Å². The first-order chi connectivity index (χ1) is 10.6. The van der Waals surface area contributed by atoms with Crippen molar-refractivity contribution in [1.29, 1.82) is 0 Å². The number of hydrogen-bond donors (Lipinski definition) is 1. The molecule has 1 N–H and O–H groups in total. The minimum Gasteiger partial charge on any atom is -0.299 e. The van der Waals surface area contributed by atoms with Gasteiger partial charge in [0.1, 0.15) is 0 Å². The molecule has 1 saturated carbocycles. The van der Waals surface area contributed by atoms with E-state index in [-0.39, 0.29) is 11.1 Å². The predicted molar refractivity (Wildman–Crippen MR) is 86.1 cm³/mol. The molecule has 1 aromatic rings. The molecule has 0 unspecified atom stereocenters. The van der Waals surface area contributed by atoms with Gasteiger partial charge in [-0.2, -0.15) is 0 Å². The van der Waals surface area contributed by atoms with E-state index in [1.165, 1.54) is 19.3 Å². The number of hydrogen-bond acceptors (Lipinski definition) is 4. The molecule has 0 aromatic carbocycles.